The molecular weight excluding hydrogens is 666 g/mol. The zero-order valence-corrected chi connectivity index (χ0v) is 35.0. The molecule has 0 aliphatic carbocycles. The quantitative estimate of drug-likeness (QED) is 0.0290. The highest BCUT2D eigenvalue weighted by Gasteiger charge is 2.31. The van der Waals surface area contributed by atoms with Gasteiger partial charge in [-0.3, -0.25) is 9.59 Å². The zero-order chi connectivity index (χ0) is 39.3. The maximum Gasteiger partial charge on any atom is 0.362 e. The number of nitrogens with zero attached hydrogens (tertiary/aromatic N) is 1. The second-order valence-electron chi connectivity index (χ2n) is 15.6. The summed E-state index contributed by atoms with van der Waals surface area (Å²) < 4.78 is 17.2. The molecule has 0 aromatic rings. The minimum Gasteiger partial charge on any atom is -0.477 e. The van der Waals surface area contributed by atoms with Gasteiger partial charge >= 0.3 is 17.9 Å². The van der Waals surface area contributed by atoms with Gasteiger partial charge in [-0.2, -0.15) is 0 Å². The first-order chi connectivity index (χ1) is 25.6. The normalized spacial score (nSPS) is 13.3. The van der Waals surface area contributed by atoms with Crippen molar-refractivity contribution in [1.29, 1.82) is 0 Å². The van der Waals surface area contributed by atoms with Gasteiger partial charge in [0.1, 0.15) is 6.61 Å². The van der Waals surface area contributed by atoms with Gasteiger partial charge in [0.05, 0.1) is 34.4 Å². The Morgan fingerprint density at radius 2 is 1.06 bits per heavy atom. The second kappa shape index (κ2) is 36.5. The fraction of sp³-hybridized carbons (Fsp3) is 0.800. The standard InChI is InChI=1S/C45H81NO7/c1-6-8-10-12-14-16-17-18-19-20-21-22-23-24-25-26-28-29-31-33-35-43(47)52-40-41(39-51-38-37-42(45(49)50)46(3,4)5)53-44(48)36-34-32-30-27-15-13-11-9-7-2/h9,11,15,21-22,27,41-42H,6-8,10,12-14,16-20,23-26,28-40H2,1-5H3/p+1/b11-9+,22-21+,27-15+. The Bertz CT molecular complexity index is 968. The van der Waals surface area contributed by atoms with Crippen LogP contribution in [0.2, 0.25) is 0 Å². The van der Waals surface area contributed by atoms with Crippen LogP contribution in [0.5, 0.6) is 0 Å². The van der Waals surface area contributed by atoms with Crippen molar-refractivity contribution in [2.75, 3.05) is 41.0 Å². The number of unbranched alkanes of at least 4 members (excludes halogenated alkanes) is 18. The maximum atomic E-state index is 12.6. The van der Waals surface area contributed by atoms with Crippen LogP contribution < -0.4 is 0 Å². The zero-order valence-electron chi connectivity index (χ0n) is 35.0. The molecule has 2 atom stereocenters. The molecule has 0 saturated carbocycles. The first-order valence-electron chi connectivity index (χ1n) is 21.5. The van der Waals surface area contributed by atoms with Gasteiger partial charge in [0.25, 0.3) is 0 Å². The van der Waals surface area contributed by atoms with Gasteiger partial charge in [0, 0.05) is 19.3 Å². The van der Waals surface area contributed by atoms with Crippen LogP contribution in [0, 0.1) is 0 Å². The topological polar surface area (TPSA) is 99.1 Å². The second-order valence-corrected chi connectivity index (χ2v) is 15.6. The van der Waals surface area contributed by atoms with Gasteiger partial charge in [-0.05, 0) is 64.2 Å². The average Bonchev–Trinajstić information content (AvgIpc) is 3.11. The molecule has 2 unspecified atom stereocenters. The third-order valence-corrected chi connectivity index (χ3v) is 9.52. The van der Waals surface area contributed by atoms with E-state index in [2.05, 4.69) is 50.3 Å². The Labute approximate surface area is 325 Å². The van der Waals surface area contributed by atoms with Crippen LogP contribution in [0.3, 0.4) is 0 Å². The van der Waals surface area contributed by atoms with Crippen molar-refractivity contribution in [3.05, 3.63) is 36.5 Å². The lowest BCUT2D eigenvalue weighted by Crippen LogP contribution is -2.50. The number of carbonyl (C=O) groups is 3. The van der Waals surface area contributed by atoms with E-state index in [1.54, 1.807) is 0 Å². The number of esters is 2. The number of likely N-dealkylation sites (N-methyl/N-ethyl adjacent to an activating group) is 1. The SMILES string of the molecule is CC/C=C/C/C=C/CCCCC(=O)OC(COCCC(C(=O)O)[N+](C)(C)C)COC(=O)CCCCCCCCC/C=C/CCCCCCCCCCC. The average molecular weight is 749 g/mol. The predicted molar refractivity (Wildman–Crippen MR) is 220 cm³/mol. The molecule has 1 N–H and O–H groups in total. The van der Waals surface area contributed by atoms with Crippen molar-refractivity contribution in [3.8, 4) is 0 Å². The van der Waals surface area contributed by atoms with Gasteiger partial charge in [-0.25, -0.2) is 4.79 Å². The van der Waals surface area contributed by atoms with E-state index in [0.717, 1.165) is 44.9 Å². The molecule has 0 aliphatic heterocycles. The van der Waals surface area contributed by atoms with Gasteiger partial charge in [0.15, 0.2) is 12.1 Å². The Kier molecular flexibility index (Phi) is 34.8. The molecule has 53 heavy (non-hydrogen) atoms. The van der Waals surface area contributed by atoms with Crippen LogP contribution in [0.4, 0.5) is 0 Å². The molecule has 0 aromatic carbocycles. The lowest BCUT2D eigenvalue weighted by Gasteiger charge is -2.31. The Hall–Kier alpha value is -2.45. The summed E-state index contributed by atoms with van der Waals surface area (Å²) in [4.78, 5) is 36.8. The highest BCUT2D eigenvalue weighted by molar-refractivity contribution is 5.72. The number of carbonyl (C=O) groups excluding carboxylic acids is 2. The van der Waals surface area contributed by atoms with E-state index in [1.165, 1.54) is 96.3 Å². The lowest BCUT2D eigenvalue weighted by atomic mass is 10.1. The van der Waals surface area contributed by atoms with E-state index >= 15 is 0 Å². The highest BCUT2D eigenvalue weighted by Crippen LogP contribution is 2.14. The molecule has 0 amide bonds. The van der Waals surface area contributed by atoms with Crippen molar-refractivity contribution in [2.45, 2.75) is 193 Å². The summed E-state index contributed by atoms with van der Waals surface area (Å²) in [5.74, 6) is -1.52. The maximum absolute atomic E-state index is 12.6. The molecule has 8 heteroatoms. The molecule has 0 spiro atoms. The monoisotopic (exact) mass is 749 g/mol. The van der Waals surface area contributed by atoms with Crippen molar-refractivity contribution in [1.82, 2.24) is 0 Å². The Morgan fingerprint density at radius 1 is 0.585 bits per heavy atom. The highest BCUT2D eigenvalue weighted by atomic mass is 16.6. The van der Waals surface area contributed by atoms with Crippen molar-refractivity contribution in [3.63, 3.8) is 0 Å². The summed E-state index contributed by atoms with van der Waals surface area (Å²) in [6.07, 6.45) is 40.7. The number of ether oxygens (including phenoxy) is 3. The molecule has 0 aliphatic rings. The van der Waals surface area contributed by atoms with E-state index < -0.39 is 18.1 Å². The van der Waals surface area contributed by atoms with Crippen molar-refractivity contribution < 1.29 is 38.2 Å². The van der Waals surface area contributed by atoms with Gasteiger partial charge < -0.3 is 23.8 Å². The molecule has 0 rings (SSSR count). The minimum atomic E-state index is -0.882. The summed E-state index contributed by atoms with van der Waals surface area (Å²) in [6, 6.07) is -0.619. The number of quaternary nitrogens is 1. The third-order valence-electron chi connectivity index (χ3n) is 9.52. The number of allylic oxidation sites excluding steroid dienone is 6. The molecule has 0 heterocycles. The van der Waals surface area contributed by atoms with Crippen LogP contribution >= 0.6 is 0 Å². The molecule has 308 valence electrons. The first kappa shape index (κ1) is 50.5. The van der Waals surface area contributed by atoms with Crippen LogP contribution in [0.1, 0.15) is 181 Å². The lowest BCUT2D eigenvalue weighted by molar-refractivity contribution is -0.887. The fourth-order valence-corrected chi connectivity index (χ4v) is 6.18. The van der Waals surface area contributed by atoms with E-state index in [-0.39, 0.29) is 42.7 Å². The number of carboxylic acids is 1. The molecule has 0 radical (unpaired) electrons. The summed E-state index contributed by atoms with van der Waals surface area (Å²) in [5, 5.41) is 9.59. The van der Waals surface area contributed by atoms with E-state index in [4.69, 9.17) is 14.2 Å². The van der Waals surface area contributed by atoms with E-state index in [9.17, 15) is 19.5 Å². The predicted octanol–water partition coefficient (Wildman–Crippen LogP) is 11.5. The summed E-state index contributed by atoms with van der Waals surface area (Å²) in [6.45, 7) is 4.57. The van der Waals surface area contributed by atoms with Gasteiger partial charge in [-0.1, -0.05) is 134 Å². The van der Waals surface area contributed by atoms with Crippen molar-refractivity contribution >= 4 is 17.9 Å². The number of carboxylic acid groups (broad SMARTS) is 1. The molecule has 8 nitrogen and oxygen atoms in total. The molecule has 0 aromatic heterocycles. The number of hydrogen-bond donors (Lipinski definition) is 1. The van der Waals surface area contributed by atoms with Gasteiger partial charge in [-0.15, -0.1) is 0 Å². The third kappa shape index (κ3) is 35.0. The van der Waals surface area contributed by atoms with Crippen LogP contribution in [0.25, 0.3) is 0 Å². The smallest absolute Gasteiger partial charge is 0.362 e. The number of aliphatic carboxylic acids is 1. The molecule has 0 bridgehead atoms. The molecule has 0 saturated heterocycles. The number of hydrogen-bond acceptors (Lipinski definition) is 6. The van der Waals surface area contributed by atoms with Crippen molar-refractivity contribution in [2.24, 2.45) is 0 Å². The van der Waals surface area contributed by atoms with Crippen LogP contribution in [-0.4, -0.2) is 80.6 Å². The Morgan fingerprint density at radius 3 is 1.60 bits per heavy atom. The largest absolute Gasteiger partial charge is 0.477 e. The molecular formula is C45H82NO7+. The first-order valence-corrected chi connectivity index (χ1v) is 21.5. The summed E-state index contributed by atoms with van der Waals surface area (Å²) >= 11 is 0. The molecule has 0 fully saturated rings. The van der Waals surface area contributed by atoms with Gasteiger partial charge in [0.2, 0.25) is 0 Å². The summed E-state index contributed by atoms with van der Waals surface area (Å²) in [5.41, 5.74) is 0. The number of rotatable bonds is 38. The fourth-order valence-electron chi connectivity index (χ4n) is 6.18. The minimum absolute atomic E-state index is 0.0472. The van der Waals surface area contributed by atoms with Crippen LogP contribution in [0.15, 0.2) is 36.5 Å². The van der Waals surface area contributed by atoms with Crippen LogP contribution in [-0.2, 0) is 28.6 Å². The van der Waals surface area contributed by atoms with E-state index in [1.807, 2.05) is 21.1 Å². The summed E-state index contributed by atoms with van der Waals surface area (Å²) in [7, 11) is 5.50. The van der Waals surface area contributed by atoms with E-state index in [0.29, 0.717) is 19.3 Å². The Balaban J connectivity index is 4.25.